The Bertz CT molecular complexity index is 2910. The van der Waals surface area contributed by atoms with Gasteiger partial charge in [-0.1, -0.05) is 158 Å². The summed E-state index contributed by atoms with van der Waals surface area (Å²) in [7, 11) is 0. The van der Waals surface area contributed by atoms with Crippen LogP contribution < -0.4 is 0 Å². The van der Waals surface area contributed by atoms with Crippen molar-refractivity contribution in [1.29, 1.82) is 0 Å². The summed E-state index contributed by atoms with van der Waals surface area (Å²) in [4.78, 5) is 15.6. The van der Waals surface area contributed by atoms with Crippen LogP contribution in [-0.4, -0.2) is 19.5 Å². The number of nitrogens with zero attached hydrogens (tertiary/aromatic N) is 4. The molecule has 248 valence electrons. The molecule has 0 aliphatic heterocycles. The molecule has 4 nitrogen and oxygen atoms in total. The minimum absolute atomic E-state index is 0.690. The van der Waals surface area contributed by atoms with Gasteiger partial charge in [0, 0.05) is 44.1 Å². The highest BCUT2D eigenvalue weighted by Gasteiger charge is 2.20. The summed E-state index contributed by atoms with van der Waals surface area (Å²) >= 11 is 0. The second-order valence-corrected chi connectivity index (χ2v) is 13.2. The third-order valence-electron chi connectivity index (χ3n) is 10.00. The van der Waals surface area contributed by atoms with Gasteiger partial charge >= 0.3 is 0 Å². The van der Waals surface area contributed by atoms with Crippen molar-refractivity contribution >= 4 is 32.7 Å². The van der Waals surface area contributed by atoms with E-state index in [9.17, 15) is 0 Å². The molecule has 0 saturated carbocycles. The van der Waals surface area contributed by atoms with Crippen molar-refractivity contribution in [3.8, 4) is 62.0 Å². The predicted octanol–water partition coefficient (Wildman–Crippen LogP) is 12.5. The quantitative estimate of drug-likeness (QED) is 0.176. The van der Waals surface area contributed by atoms with Gasteiger partial charge in [0.05, 0.1) is 33.6 Å². The SMILES string of the molecule is c1ccc(-c2cccc(-c3nc(-c4ccccc4)cc(-c4ccc(-c5nc6ccccc6c6c5c5ccccc5n6-c5ccccc5)cc4)n3)c2)cc1. The van der Waals surface area contributed by atoms with Crippen LogP contribution in [0, 0.1) is 0 Å². The molecule has 10 rings (SSSR count). The van der Waals surface area contributed by atoms with Crippen LogP contribution in [0.2, 0.25) is 0 Å². The van der Waals surface area contributed by atoms with Gasteiger partial charge in [-0.3, -0.25) is 0 Å². The van der Waals surface area contributed by atoms with Crippen LogP contribution >= 0.6 is 0 Å². The maximum Gasteiger partial charge on any atom is 0.160 e. The zero-order valence-corrected chi connectivity index (χ0v) is 28.8. The van der Waals surface area contributed by atoms with E-state index in [1.807, 2.05) is 24.3 Å². The molecular formula is C49H32N4. The molecule has 0 atom stereocenters. The van der Waals surface area contributed by atoms with Crippen LogP contribution in [0.3, 0.4) is 0 Å². The highest BCUT2D eigenvalue weighted by atomic mass is 15.0. The van der Waals surface area contributed by atoms with Crippen LogP contribution in [-0.2, 0) is 0 Å². The fourth-order valence-electron chi connectivity index (χ4n) is 7.48. The van der Waals surface area contributed by atoms with Crippen molar-refractivity contribution in [3.63, 3.8) is 0 Å². The first-order chi connectivity index (χ1) is 26.3. The Morgan fingerprint density at radius 2 is 0.906 bits per heavy atom. The second-order valence-electron chi connectivity index (χ2n) is 13.2. The third-order valence-corrected chi connectivity index (χ3v) is 10.00. The van der Waals surface area contributed by atoms with Gasteiger partial charge in [-0.05, 0) is 47.5 Å². The first-order valence-corrected chi connectivity index (χ1v) is 17.9. The van der Waals surface area contributed by atoms with Gasteiger partial charge in [-0.25, -0.2) is 15.0 Å². The van der Waals surface area contributed by atoms with E-state index in [0.29, 0.717) is 5.82 Å². The van der Waals surface area contributed by atoms with Crippen molar-refractivity contribution in [2.75, 3.05) is 0 Å². The van der Waals surface area contributed by atoms with Crippen molar-refractivity contribution in [1.82, 2.24) is 19.5 Å². The van der Waals surface area contributed by atoms with Gasteiger partial charge in [0.1, 0.15) is 0 Å². The number of benzene rings is 7. The Balaban J connectivity index is 1.14. The van der Waals surface area contributed by atoms with Crippen LogP contribution in [0.15, 0.2) is 194 Å². The molecule has 3 heterocycles. The lowest BCUT2D eigenvalue weighted by atomic mass is 10.00. The minimum Gasteiger partial charge on any atom is -0.308 e. The highest BCUT2D eigenvalue weighted by molar-refractivity contribution is 6.22. The second kappa shape index (κ2) is 12.9. The lowest BCUT2D eigenvalue weighted by Gasteiger charge is -2.12. The zero-order chi connectivity index (χ0) is 35.1. The summed E-state index contributed by atoms with van der Waals surface area (Å²) in [6, 6.07) is 67.7. The molecule has 0 unspecified atom stereocenters. The van der Waals surface area contributed by atoms with Gasteiger partial charge in [-0.2, -0.15) is 0 Å². The lowest BCUT2D eigenvalue weighted by Crippen LogP contribution is -1.97. The van der Waals surface area contributed by atoms with Crippen LogP contribution in [0.1, 0.15) is 0 Å². The number of hydrogen-bond acceptors (Lipinski definition) is 3. The van der Waals surface area contributed by atoms with E-state index in [-0.39, 0.29) is 0 Å². The fourth-order valence-corrected chi connectivity index (χ4v) is 7.48. The highest BCUT2D eigenvalue weighted by Crippen LogP contribution is 2.41. The summed E-state index contributed by atoms with van der Waals surface area (Å²) in [5, 5.41) is 3.44. The predicted molar refractivity (Wildman–Crippen MR) is 219 cm³/mol. The summed E-state index contributed by atoms with van der Waals surface area (Å²) < 4.78 is 2.38. The maximum absolute atomic E-state index is 5.33. The van der Waals surface area contributed by atoms with E-state index in [4.69, 9.17) is 15.0 Å². The van der Waals surface area contributed by atoms with Crippen molar-refractivity contribution < 1.29 is 0 Å². The van der Waals surface area contributed by atoms with Crippen molar-refractivity contribution in [2.45, 2.75) is 0 Å². The summed E-state index contributed by atoms with van der Waals surface area (Å²) in [5.41, 5.74) is 13.5. The van der Waals surface area contributed by atoms with Gasteiger partial charge < -0.3 is 4.57 Å². The topological polar surface area (TPSA) is 43.6 Å². The molecule has 0 spiro atoms. The molecule has 0 bridgehead atoms. The standard InChI is InChI=1S/C49H32N4/c1-4-15-33(16-5-1)37-19-14-20-38(31-37)49-51-43(34-17-6-2-7-18-34)32-44(52-49)35-27-29-36(30-28-35)47-46-41-24-11-13-26-45(41)53(39-21-8-3-9-22-39)48(46)40-23-10-12-25-42(40)50-47/h1-32H. The average molecular weight is 677 g/mol. The number of rotatable bonds is 6. The average Bonchev–Trinajstić information content (AvgIpc) is 3.60. The molecule has 53 heavy (non-hydrogen) atoms. The molecule has 3 aromatic heterocycles. The zero-order valence-electron chi connectivity index (χ0n) is 28.8. The number of pyridine rings is 1. The minimum atomic E-state index is 0.690. The largest absolute Gasteiger partial charge is 0.308 e. The van der Waals surface area contributed by atoms with Gasteiger partial charge in [0.2, 0.25) is 0 Å². The third kappa shape index (κ3) is 5.45. The van der Waals surface area contributed by atoms with E-state index in [0.717, 1.165) is 83.5 Å². The first-order valence-electron chi connectivity index (χ1n) is 17.9. The van der Waals surface area contributed by atoms with E-state index in [1.54, 1.807) is 0 Å². The molecule has 0 amide bonds. The fraction of sp³-hybridized carbons (Fsp3) is 0. The van der Waals surface area contributed by atoms with Crippen molar-refractivity contribution in [3.05, 3.63) is 194 Å². The molecule has 0 fully saturated rings. The summed E-state index contributed by atoms with van der Waals surface area (Å²) in [6.45, 7) is 0. The number of fused-ring (bicyclic) bond motifs is 5. The lowest BCUT2D eigenvalue weighted by molar-refractivity contribution is 1.18. The Hall–Kier alpha value is -7.17. The van der Waals surface area contributed by atoms with Crippen LogP contribution in [0.4, 0.5) is 0 Å². The van der Waals surface area contributed by atoms with Gasteiger partial charge in [0.15, 0.2) is 5.82 Å². The first kappa shape index (κ1) is 30.6. The molecule has 0 N–H and O–H groups in total. The van der Waals surface area contributed by atoms with Crippen molar-refractivity contribution in [2.24, 2.45) is 0 Å². The van der Waals surface area contributed by atoms with Crippen LogP contribution in [0.5, 0.6) is 0 Å². The summed E-state index contributed by atoms with van der Waals surface area (Å²) in [6.07, 6.45) is 0. The molecule has 0 aliphatic carbocycles. The normalized spacial score (nSPS) is 11.4. The Morgan fingerprint density at radius 3 is 1.64 bits per heavy atom. The maximum atomic E-state index is 5.33. The molecule has 0 aliphatic rings. The smallest absolute Gasteiger partial charge is 0.160 e. The Morgan fingerprint density at radius 1 is 0.358 bits per heavy atom. The van der Waals surface area contributed by atoms with Gasteiger partial charge in [0.25, 0.3) is 0 Å². The number of hydrogen-bond donors (Lipinski definition) is 0. The Labute approximate surface area is 307 Å². The molecule has 4 heteroatoms. The van der Waals surface area contributed by atoms with E-state index in [2.05, 4.69) is 174 Å². The Kier molecular flexibility index (Phi) is 7.43. The number of aromatic nitrogens is 4. The van der Waals surface area contributed by atoms with Crippen LogP contribution in [0.25, 0.3) is 94.7 Å². The summed E-state index contributed by atoms with van der Waals surface area (Å²) in [5.74, 6) is 0.690. The van der Waals surface area contributed by atoms with Gasteiger partial charge in [-0.15, -0.1) is 0 Å². The van der Waals surface area contributed by atoms with E-state index >= 15 is 0 Å². The monoisotopic (exact) mass is 676 g/mol. The molecular weight excluding hydrogens is 645 g/mol. The molecule has 7 aromatic carbocycles. The van der Waals surface area contributed by atoms with E-state index in [1.165, 1.54) is 5.39 Å². The molecule has 0 radical (unpaired) electrons. The molecule has 10 aromatic rings. The van der Waals surface area contributed by atoms with E-state index < -0.39 is 0 Å². The number of para-hydroxylation sites is 3. The molecule has 0 saturated heterocycles.